The highest BCUT2D eigenvalue weighted by Crippen LogP contribution is 2.34. The molecule has 1 saturated carbocycles. The predicted octanol–water partition coefficient (Wildman–Crippen LogP) is 2.89. The third kappa shape index (κ3) is 7.81. The molecule has 2 atom stereocenters. The third-order valence-corrected chi connectivity index (χ3v) is 4.42. The summed E-state index contributed by atoms with van der Waals surface area (Å²) in [6.07, 6.45) is 2.76. The standard InChI is InChI=1S/C19H32N4O.HI/c1-14-7-6-8-17(11-14)24-15(2)12-21-19(20-3)22-13-18(23(4)5)16-9-10-16;/h6-8,11,15-16,18H,9-10,12-13H2,1-5H3,(H2,20,21,22);1H. The first-order valence-corrected chi connectivity index (χ1v) is 8.84. The SMILES string of the molecule is CN=C(NCC(C)Oc1cccc(C)c1)NCC(C1CC1)N(C)C.I. The summed E-state index contributed by atoms with van der Waals surface area (Å²) in [4.78, 5) is 6.62. The summed E-state index contributed by atoms with van der Waals surface area (Å²) in [5.41, 5.74) is 1.21. The fourth-order valence-electron chi connectivity index (χ4n) is 2.88. The Balaban J connectivity index is 0.00000312. The van der Waals surface area contributed by atoms with Crippen molar-refractivity contribution >= 4 is 29.9 Å². The molecule has 25 heavy (non-hydrogen) atoms. The van der Waals surface area contributed by atoms with E-state index in [1.807, 2.05) is 19.2 Å². The van der Waals surface area contributed by atoms with Crippen molar-refractivity contribution in [3.05, 3.63) is 29.8 Å². The summed E-state index contributed by atoms with van der Waals surface area (Å²) in [7, 11) is 6.11. The van der Waals surface area contributed by atoms with E-state index in [1.165, 1.54) is 18.4 Å². The Hall–Kier alpha value is -1.02. The van der Waals surface area contributed by atoms with E-state index in [1.54, 1.807) is 0 Å². The number of aliphatic imine (C=N–C) groups is 1. The Labute approximate surface area is 169 Å². The first-order valence-electron chi connectivity index (χ1n) is 8.84. The Bertz CT molecular complexity index is 544. The molecule has 1 aliphatic rings. The molecular weight excluding hydrogens is 427 g/mol. The number of guanidine groups is 1. The van der Waals surface area contributed by atoms with Crippen molar-refractivity contribution in [1.29, 1.82) is 0 Å². The zero-order valence-electron chi connectivity index (χ0n) is 16.1. The number of nitrogens with one attached hydrogen (secondary N) is 2. The number of aryl methyl sites for hydroxylation is 1. The maximum absolute atomic E-state index is 5.95. The number of halogens is 1. The lowest BCUT2D eigenvalue weighted by Crippen LogP contribution is -2.47. The van der Waals surface area contributed by atoms with Gasteiger partial charge in [-0.25, -0.2) is 0 Å². The summed E-state index contributed by atoms with van der Waals surface area (Å²) < 4.78 is 5.95. The molecule has 0 bridgehead atoms. The molecule has 6 heteroatoms. The van der Waals surface area contributed by atoms with Gasteiger partial charge in [0.15, 0.2) is 5.96 Å². The lowest BCUT2D eigenvalue weighted by atomic mass is 10.1. The number of hydrogen-bond acceptors (Lipinski definition) is 3. The molecular formula is C19H33IN4O. The summed E-state index contributed by atoms with van der Waals surface area (Å²) in [5, 5.41) is 6.80. The van der Waals surface area contributed by atoms with E-state index >= 15 is 0 Å². The zero-order valence-corrected chi connectivity index (χ0v) is 18.4. The third-order valence-electron chi connectivity index (χ3n) is 4.42. The molecule has 0 heterocycles. The average Bonchev–Trinajstić information content (AvgIpc) is 3.35. The minimum absolute atomic E-state index is 0. The Morgan fingerprint density at radius 2 is 1.96 bits per heavy atom. The molecule has 1 aromatic rings. The first-order chi connectivity index (χ1) is 11.5. The van der Waals surface area contributed by atoms with E-state index < -0.39 is 0 Å². The summed E-state index contributed by atoms with van der Waals surface area (Å²) in [6.45, 7) is 5.77. The largest absolute Gasteiger partial charge is 0.489 e. The molecule has 142 valence electrons. The fourth-order valence-corrected chi connectivity index (χ4v) is 2.88. The molecule has 0 radical (unpaired) electrons. The van der Waals surface area contributed by atoms with Gasteiger partial charge in [-0.3, -0.25) is 4.99 Å². The molecule has 2 unspecified atom stereocenters. The number of rotatable bonds is 8. The number of likely N-dealkylation sites (N-methyl/N-ethyl adjacent to an activating group) is 1. The van der Waals surface area contributed by atoms with Crippen molar-refractivity contribution in [2.24, 2.45) is 10.9 Å². The molecule has 0 aromatic heterocycles. The van der Waals surface area contributed by atoms with Crippen LogP contribution in [-0.2, 0) is 0 Å². The zero-order chi connectivity index (χ0) is 17.5. The van der Waals surface area contributed by atoms with Gasteiger partial charge < -0.3 is 20.3 Å². The molecule has 1 fully saturated rings. The minimum Gasteiger partial charge on any atom is -0.489 e. The Morgan fingerprint density at radius 3 is 2.52 bits per heavy atom. The molecule has 0 aliphatic heterocycles. The maximum atomic E-state index is 5.95. The van der Waals surface area contributed by atoms with Crippen LogP contribution in [0.15, 0.2) is 29.3 Å². The van der Waals surface area contributed by atoms with Crippen molar-refractivity contribution in [3.63, 3.8) is 0 Å². The number of nitrogens with zero attached hydrogens (tertiary/aromatic N) is 2. The average molecular weight is 460 g/mol. The van der Waals surface area contributed by atoms with Gasteiger partial charge in [-0.2, -0.15) is 0 Å². The molecule has 1 aliphatic carbocycles. The highest BCUT2D eigenvalue weighted by molar-refractivity contribution is 14.0. The Kier molecular flexibility index (Phi) is 9.56. The molecule has 2 N–H and O–H groups in total. The van der Waals surface area contributed by atoms with Crippen molar-refractivity contribution in [1.82, 2.24) is 15.5 Å². The van der Waals surface area contributed by atoms with Crippen LogP contribution in [0, 0.1) is 12.8 Å². The van der Waals surface area contributed by atoms with Crippen LogP contribution in [0.3, 0.4) is 0 Å². The lowest BCUT2D eigenvalue weighted by Gasteiger charge is -2.25. The molecule has 1 aromatic carbocycles. The predicted molar refractivity (Wildman–Crippen MR) is 116 cm³/mol. The smallest absolute Gasteiger partial charge is 0.191 e. The molecule has 0 saturated heterocycles. The quantitative estimate of drug-likeness (QED) is 0.356. The van der Waals surface area contributed by atoms with E-state index in [0.29, 0.717) is 12.6 Å². The van der Waals surface area contributed by atoms with E-state index in [-0.39, 0.29) is 30.1 Å². The topological polar surface area (TPSA) is 48.9 Å². The van der Waals surface area contributed by atoms with Gasteiger partial charge in [-0.15, -0.1) is 24.0 Å². The van der Waals surface area contributed by atoms with E-state index in [4.69, 9.17) is 4.74 Å². The van der Waals surface area contributed by atoms with Crippen LogP contribution in [0.25, 0.3) is 0 Å². The molecule has 0 amide bonds. The van der Waals surface area contributed by atoms with E-state index in [0.717, 1.165) is 24.2 Å². The maximum Gasteiger partial charge on any atom is 0.191 e. The highest BCUT2D eigenvalue weighted by atomic mass is 127. The number of benzene rings is 1. The van der Waals surface area contributed by atoms with E-state index in [9.17, 15) is 0 Å². The van der Waals surface area contributed by atoms with Crippen molar-refractivity contribution in [2.45, 2.75) is 38.8 Å². The van der Waals surface area contributed by atoms with Crippen LogP contribution in [0.5, 0.6) is 5.75 Å². The summed E-state index contributed by atoms with van der Waals surface area (Å²) >= 11 is 0. The highest BCUT2D eigenvalue weighted by Gasteiger charge is 2.32. The summed E-state index contributed by atoms with van der Waals surface area (Å²) in [6, 6.07) is 8.71. The van der Waals surface area contributed by atoms with Crippen LogP contribution < -0.4 is 15.4 Å². The number of hydrogen-bond donors (Lipinski definition) is 2. The van der Waals surface area contributed by atoms with Gasteiger partial charge in [0.25, 0.3) is 0 Å². The first kappa shape index (κ1) is 22.0. The van der Waals surface area contributed by atoms with Gasteiger partial charge in [0, 0.05) is 19.6 Å². The van der Waals surface area contributed by atoms with Gasteiger partial charge >= 0.3 is 0 Å². The van der Waals surface area contributed by atoms with Crippen LogP contribution in [0.4, 0.5) is 0 Å². The van der Waals surface area contributed by atoms with Crippen LogP contribution in [0.1, 0.15) is 25.3 Å². The number of ether oxygens (including phenoxy) is 1. The van der Waals surface area contributed by atoms with Crippen LogP contribution >= 0.6 is 24.0 Å². The molecule has 2 rings (SSSR count). The molecule has 0 spiro atoms. The minimum atomic E-state index is 0. The second-order valence-electron chi connectivity index (χ2n) is 6.95. The van der Waals surface area contributed by atoms with Gasteiger partial charge in [0.1, 0.15) is 11.9 Å². The van der Waals surface area contributed by atoms with Gasteiger partial charge in [0.05, 0.1) is 6.54 Å². The summed E-state index contributed by atoms with van der Waals surface area (Å²) in [5.74, 6) is 2.57. The normalized spacial score (nSPS) is 16.8. The lowest BCUT2D eigenvalue weighted by molar-refractivity contribution is 0.223. The second-order valence-corrected chi connectivity index (χ2v) is 6.95. The second kappa shape index (κ2) is 10.9. The fraction of sp³-hybridized carbons (Fsp3) is 0.632. The Morgan fingerprint density at radius 1 is 1.28 bits per heavy atom. The van der Waals surface area contributed by atoms with Crippen molar-refractivity contribution < 1.29 is 4.74 Å². The van der Waals surface area contributed by atoms with Gasteiger partial charge in [-0.05, 0) is 64.4 Å². The van der Waals surface area contributed by atoms with Crippen LogP contribution in [-0.4, -0.2) is 57.2 Å². The van der Waals surface area contributed by atoms with Gasteiger partial charge in [0.2, 0.25) is 0 Å². The van der Waals surface area contributed by atoms with Crippen molar-refractivity contribution in [3.8, 4) is 5.75 Å². The van der Waals surface area contributed by atoms with Crippen molar-refractivity contribution in [2.75, 3.05) is 34.2 Å². The van der Waals surface area contributed by atoms with Gasteiger partial charge in [-0.1, -0.05) is 12.1 Å². The monoisotopic (exact) mass is 460 g/mol. The molecule has 5 nitrogen and oxygen atoms in total. The van der Waals surface area contributed by atoms with Crippen LogP contribution in [0.2, 0.25) is 0 Å². The van der Waals surface area contributed by atoms with E-state index in [2.05, 4.69) is 60.6 Å².